The van der Waals surface area contributed by atoms with Gasteiger partial charge >= 0.3 is 0 Å². The number of H-pyrrole nitrogens is 1. The SMILES string of the molecule is COC(C)(C)c1csc(C(CN)NC(=O)c2ccc(-c3cc(F)c(Cl)c(F)c3)[nH]2)n1. The Balaban J connectivity index is 1.77. The van der Waals surface area contributed by atoms with Crippen molar-refractivity contribution in [1.29, 1.82) is 0 Å². The molecule has 0 saturated heterocycles. The maximum atomic E-state index is 13.7. The fraction of sp³-hybridized carbons (Fsp3) is 0.300. The number of thiazole rings is 1. The molecule has 160 valence electrons. The Morgan fingerprint density at radius 3 is 2.63 bits per heavy atom. The lowest BCUT2D eigenvalue weighted by molar-refractivity contribution is 0.0158. The van der Waals surface area contributed by atoms with E-state index < -0.39 is 34.2 Å². The molecule has 30 heavy (non-hydrogen) atoms. The maximum absolute atomic E-state index is 13.7. The first-order valence-corrected chi connectivity index (χ1v) is 10.3. The molecule has 1 aromatic carbocycles. The zero-order chi connectivity index (χ0) is 22.1. The molecule has 1 atom stereocenters. The predicted molar refractivity (Wildman–Crippen MR) is 113 cm³/mol. The average molecular weight is 455 g/mol. The molecule has 0 spiro atoms. The van der Waals surface area contributed by atoms with Gasteiger partial charge in [0.25, 0.3) is 5.91 Å². The van der Waals surface area contributed by atoms with Gasteiger partial charge in [-0.15, -0.1) is 11.3 Å². The number of carbonyl (C=O) groups is 1. The molecule has 3 aromatic rings. The number of benzene rings is 1. The second kappa shape index (κ2) is 8.81. The van der Waals surface area contributed by atoms with E-state index in [0.29, 0.717) is 10.7 Å². The largest absolute Gasteiger partial charge is 0.372 e. The third kappa shape index (κ3) is 4.54. The fourth-order valence-electron chi connectivity index (χ4n) is 2.69. The van der Waals surface area contributed by atoms with Crippen LogP contribution in [0.2, 0.25) is 5.02 Å². The van der Waals surface area contributed by atoms with Gasteiger partial charge in [-0.1, -0.05) is 11.6 Å². The molecule has 0 aliphatic carbocycles. The number of amides is 1. The van der Waals surface area contributed by atoms with E-state index in [2.05, 4.69) is 15.3 Å². The lowest BCUT2D eigenvalue weighted by Crippen LogP contribution is -2.33. The van der Waals surface area contributed by atoms with Gasteiger partial charge in [0.2, 0.25) is 0 Å². The van der Waals surface area contributed by atoms with Crippen LogP contribution in [0.5, 0.6) is 0 Å². The number of nitrogens with one attached hydrogen (secondary N) is 2. The zero-order valence-corrected chi connectivity index (χ0v) is 18.1. The maximum Gasteiger partial charge on any atom is 0.268 e. The Hall–Kier alpha value is -2.33. The number of methoxy groups -OCH3 is 1. The van der Waals surface area contributed by atoms with Gasteiger partial charge in [0.1, 0.15) is 33.0 Å². The molecular formula is C20H21ClF2N4O2S. The van der Waals surface area contributed by atoms with Crippen molar-refractivity contribution in [3.05, 3.63) is 62.7 Å². The summed E-state index contributed by atoms with van der Waals surface area (Å²) in [5, 5.41) is 4.76. The summed E-state index contributed by atoms with van der Waals surface area (Å²) in [7, 11) is 1.60. The van der Waals surface area contributed by atoms with Crippen LogP contribution in [0.25, 0.3) is 11.3 Å². The van der Waals surface area contributed by atoms with E-state index in [4.69, 9.17) is 22.1 Å². The monoisotopic (exact) mass is 454 g/mol. The number of aromatic nitrogens is 2. The number of nitrogens with two attached hydrogens (primary N) is 1. The number of rotatable bonds is 7. The van der Waals surface area contributed by atoms with Crippen molar-refractivity contribution in [3.8, 4) is 11.3 Å². The van der Waals surface area contributed by atoms with Gasteiger partial charge in [0, 0.05) is 30.3 Å². The van der Waals surface area contributed by atoms with Crippen molar-refractivity contribution in [3.63, 3.8) is 0 Å². The molecule has 0 bridgehead atoms. The minimum Gasteiger partial charge on any atom is -0.372 e. The van der Waals surface area contributed by atoms with Crippen molar-refractivity contribution in [2.45, 2.75) is 25.5 Å². The predicted octanol–water partition coefficient (Wildman–Crippen LogP) is 4.38. The van der Waals surface area contributed by atoms with Crippen LogP contribution in [0.3, 0.4) is 0 Å². The summed E-state index contributed by atoms with van der Waals surface area (Å²) in [6.07, 6.45) is 0. The molecule has 2 heterocycles. The molecule has 6 nitrogen and oxygen atoms in total. The number of aromatic amines is 1. The van der Waals surface area contributed by atoms with Crippen molar-refractivity contribution in [2.75, 3.05) is 13.7 Å². The third-order valence-corrected chi connectivity index (χ3v) is 6.03. The first kappa shape index (κ1) is 22.4. The number of carbonyl (C=O) groups excluding carboxylic acids is 1. The molecule has 1 amide bonds. The number of ether oxygens (including phenoxy) is 1. The molecule has 0 aliphatic rings. The lowest BCUT2D eigenvalue weighted by atomic mass is 10.1. The van der Waals surface area contributed by atoms with E-state index in [9.17, 15) is 13.6 Å². The van der Waals surface area contributed by atoms with Crippen molar-refractivity contribution >= 4 is 28.8 Å². The minimum atomic E-state index is -0.881. The van der Waals surface area contributed by atoms with Crippen LogP contribution in [-0.2, 0) is 10.3 Å². The summed E-state index contributed by atoms with van der Waals surface area (Å²) in [6.45, 7) is 3.93. The van der Waals surface area contributed by atoms with Gasteiger partial charge in [-0.3, -0.25) is 4.79 Å². The summed E-state index contributed by atoms with van der Waals surface area (Å²) in [5.41, 5.74) is 6.84. The van der Waals surface area contributed by atoms with Gasteiger partial charge in [-0.25, -0.2) is 13.8 Å². The molecule has 0 fully saturated rings. The van der Waals surface area contributed by atoms with Gasteiger partial charge in [0.05, 0.1) is 11.7 Å². The molecule has 3 rings (SSSR count). The van der Waals surface area contributed by atoms with Crippen molar-refractivity contribution in [1.82, 2.24) is 15.3 Å². The second-order valence-electron chi connectivity index (χ2n) is 7.09. The number of hydrogen-bond acceptors (Lipinski definition) is 5. The van der Waals surface area contributed by atoms with Gasteiger partial charge < -0.3 is 20.8 Å². The van der Waals surface area contributed by atoms with Crippen molar-refractivity contribution in [2.24, 2.45) is 5.73 Å². The molecule has 4 N–H and O–H groups in total. The molecular weight excluding hydrogens is 434 g/mol. The molecule has 1 unspecified atom stereocenters. The highest BCUT2D eigenvalue weighted by Crippen LogP contribution is 2.29. The highest BCUT2D eigenvalue weighted by Gasteiger charge is 2.26. The molecule has 10 heteroatoms. The summed E-state index contributed by atoms with van der Waals surface area (Å²) in [4.78, 5) is 20.1. The Morgan fingerprint density at radius 1 is 1.37 bits per heavy atom. The van der Waals surface area contributed by atoms with Crippen LogP contribution < -0.4 is 11.1 Å². The number of halogens is 3. The van der Waals surface area contributed by atoms with Gasteiger partial charge in [-0.2, -0.15) is 0 Å². The molecule has 0 radical (unpaired) electrons. The summed E-state index contributed by atoms with van der Waals surface area (Å²) in [6, 6.07) is 4.76. The Bertz CT molecular complexity index is 1040. The quantitative estimate of drug-likeness (QED) is 0.462. The molecule has 0 aliphatic heterocycles. The summed E-state index contributed by atoms with van der Waals surface area (Å²) >= 11 is 6.89. The Kier molecular flexibility index (Phi) is 6.56. The number of nitrogens with zero attached hydrogens (tertiary/aromatic N) is 1. The standard InChI is InChI=1S/C20H21ClF2N4O2S/c1-20(2,29-3)16-9-30-19(27-16)15(8-24)26-18(28)14-5-4-13(25-14)10-6-11(22)17(21)12(23)7-10/h4-7,9,15,25H,8,24H2,1-3H3,(H,26,28). The second-order valence-corrected chi connectivity index (χ2v) is 8.35. The van der Waals surface area contributed by atoms with Crippen LogP contribution in [-0.4, -0.2) is 29.5 Å². The fourth-order valence-corrected chi connectivity index (χ4v) is 3.84. The van der Waals surface area contributed by atoms with Gasteiger partial charge in [-0.05, 0) is 38.1 Å². The highest BCUT2D eigenvalue weighted by molar-refractivity contribution is 7.09. The normalized spacial score (nSPS) is 12.8. The van der Waals surface area contributed by atoms with Crippen LogP contribution in [0.4, 0.5) is 8.78 Å². The topological polar surface area (TPSA) is 93.0 Å². The van der Waals surface area contributed by atoms with Crippen LogP contribution in [0.1, 0.15) is 41.1 Å². The van der Waals surface area contributed by atoms with Crippen molar-refractivity contribution < 1.29 is 18.3 Å². The molecule has 0 saturated carbocycles. The Morgan fingerprint density at radius 2 is 2.03 bits per heavy atom. The van der Waals surface area contributed by atoms with E-state index in [1.807, 2.05) is 19.2 Å². The lowest BCUT2D eigenvalue weighted by Gasteiger charge is -2.20. The number of hydrogen-bond donors (Lipinski definition) is 3. The first-order chi connectivity index (χ1) is 14.2. The van der Waals surface area contributed by atoms with E-state index in [-0.39, 0.29) is 17.8 Å². The highest BCUT2D eigenvalue weighted by atomic mass is 35.5. The van der Waals surface area contributed by atoms with E-state index >= 15 is 0 Å². The summed E-state index contributed by atoms with van der Waals surface area (Å²) in [5.74, 6) is -2.18. The Labute approximate surface area is 181 Å². The minimum absolute atomic E-state index is 0.146. The van der Waals surface area contributed by atoms with Gasteiger partial charge in [0.15, 0.2) is 0 Å². The third-order valence-electron chi connectivity index (χ3n) is 4.71. The van der Waals surface area contributed by atoms with Crippen LogP contribution >= 0.6 is 22.9 Å². The van der Waals surface area contributed by atoms with Crippen LogP contribution in [0.15, 0.2) is 29.6 Å². The summed E-state index contributed by atoms with van der Waals surface area (Å²) < 4.78 is 32.9. The smallest absolute Gasteiger partial charge is 0.268 e. The van der Waals surface area contributed by atoms with E-state index in [1.165, 1.54) is 17.4 Å². The molecule has 2 aromatic heterocycles. The first-order valence-electron chi connectivity index (χ1n) is 9.02. The van der Waals surface area contributed by atoms with Crippen LogP contribution in [0, 0.1) is 11.6 Å². The zero-order valence-electron chi connectivity index (χ0n) is 16.6. The average Bonchev–Trinajstić information content (AvgIpc) is 3.40. The van der Waals surface area contributed by atoms with E-state index in [0.717, 1.165) is 17.8 Å². The van der Waals surface area contributed by atoms with E-state index in [1.54, 1.807) is 13.2 Å².